The third kappa shape index (κ3) is 4.81. The smallest absolute Gasteiger partial charge is 0.269 e. The van der Waals surface area contributed by atoms with Gasteiger partial charge in [-0.2, -0.15) is 0 Å². The Bertz CT molecular complexity index is 1470. The van der Waals surface area contributed by atoms with Crippen LogP contribution in [0.5, 0.6) is 0 Å². The number of benzene rings is 1. The highest BCUT2D eigenvalue weighted by Gasteiger charge is 2.39. The van der Waals surface area contributed by atoms with Crippen molar-refractivity contribution in [3.05, 3.63) is 76.2 Å². The Hall–Kier alpha value is -3.60. The number of carbonyl (C=O) groups excluding carboxylic acids is 1. The van der Waals surface area contributed by atoms with Crippen molar-refractivity contribution in [2.45, 2.75) is 37.6 Å². The molecule has 1 saturated heterocycles. The highest BCUT2D eigenvalue weighted by molar-refractivity contribution is 7.90. The molecule has 11 heteroatoms. The number of nitrogens with one attached hydrogen (secondary N) is 2. The Kier molecular flexibility index (Phi) is 6.22. The van der Waals surface area contributed by atoms with Gasteiger partial charge in [-0.05, 0) is 62.6 Å². The Morgan fingerprint density at radius 3 is 2.57 bits per heavy atom. The number of sulfonamides is 1. The van der Waals surface area contributed by atoms with Gasteiger partial charge in [-0.15, -0.1) is 0 Å². The van der Waals surface area contributed by atoms with Crippen LogP contribution in [-0.2, 0) is 10.0 Å². The SMILES string of the molecule is C[C@@H]1CN(c2nc(-c3ccc(F)cc3F)ccc2C(=O)NS(=O)(=O)c2ccc[nH]c2=O)C(C)(C)C1. The predicted molar refractivity (Wildman–Crippen MR) is 127 cm³/mol. The third-order valence-electron chi connectivity index (χ3n) is 5.95. The van der Waals surface area contributed by atoms with Gasteiger partial charge in [0.2, 0.25) is 0 Å². The van der Waals surface area contributed by atoms with Gasteiger partial charge in [-0.25, -0.2) is 26.9 Å². The van der Waals surface area contributed by atoms with Gasteiger partial charge in [-0.1, -0.05) is 6.92 Å². The van der Waals surface area contributed by atoms with Crippen molar-refractivity contribution in [1.82, 2.24) is 14.7 Å². The van der Waals surface area contributed by atoms with E-state index in [1.807, 2.05) is 30.4 Å². The predicted octanol–water partition coefficient (Wildman–Crippen LogP) is 3.46. The maximum Gasteiger partial charge on any atom is 0.269 e. The molecule has 0 radical (unpaired) electrons. The molecular formula is C24H24F2N4O4S. The fraction of sp³-hybridized carbons (Fsp3) is 0.292. The molecule has 2 N–H and O–H groups in total. The molecule has 2 aromatic heterocycles. The number of hydrogen-bond donors (Lipinski definition) is 2. The molecule has 0 spiro atoms. The van der Waals surface area contributed by atoms with Crippen molar-refractivity contribution in [2.24, 2.45) is 5.92 Å². The molecule has 184 valence electrons. The lowest BCUT2D eigenvalue weighted by Gasteiger charge is -2.34. The van der Waals surface area contributed by atoms with E-state index in [0.29, 0.717) is 6.54 Å². The lowest BCUT2D eigenvalue weighted by Crippen LogP contribution is -2.41. The summed E-state index contributed by atoms with van der Waals surface area (Å²) in [5.41, 5.74) is -1.17. The van der Waals surface area contributed by atoms with E-state index in [1.165, 1.54) is 30.5 Å². The number of rotatable bonds is 5. The minimum atomic E-state index is -4.48. The molecule has 1 aliphatic heterocycles. The lowest BCUT2D eigenvalue weighted by molar-refractivity contribution is 0.0981. The number of pyridine rings is 2. The molecule has 1 fully saturated rings. The highest BCUT2D eigenvalue weighted by Crippen LogP contribution is 2.38. The van der Waals surface area contributed by atoms with Crippen molar-refractivity contribution in [3.8, 4) is 11.3 Å². The van der Waals surface area contributed by atoms with E-state index in [0.717, 1.165) is 24.6 Å². The molecule has 1 aliphatic rings. The number of H-pyrrole nitrogens is 1. The molecular weight excluding hydrogens is 478 g/mol. The van der Waals surface area contributed by atoms with Crippen molar-refractivity contribution in [3.63, 3.8) is 0 Å². The summed E-state index contributed by atoms with van der Waals surface area (Å²) in [5, 5.41) is 0. The first-order chi connectivity index (χ1) is 16.4. The number of aromatic nitrogens is 2. The van der Waals surface area contributed by atoms with E-state index in [1.54, 1.807) is 0 Å². The summed E-state index contributed by atoms with van der Waals surface area (Å²) in [6, 6.07) is 8.21. The Morgan fingerprint density at radius 1 is 1.20 bits per heavy atom. The van der Waals surface area contributed by atoms with Crippen LogP contribution in [0, 0.1) is 17.6 Å². The first-order valence-electron chi connectivity index (χ1n) is 10.9. The summed E-state index contributed by atoms with van der Waals surface area (Å²) in [5.74, 6) is -2.13. The van der Waals surface area contributed by atoms with E-state index in [4.69, 9.17) is 0 Å². The van der Waals surface area contributed by atoms with Crippen LogP contribution in [-0.4, -0.2) is 36.4 Å². The van der Waals surface area contributed by atoms with Gasteiger partial charge in [0.25, 0.3) is 21.5 Å². The van der Waals surface area contributed by atoms with Crippen molar-refractivity contribution < 1.29 is 22.0 Å². The third-order valence-corrected chi connectivity index (χ3v) is 7.31. The van der Waals surface area contributed by atoms with E-state index in [-0.39, 0.29) is 28.6 Å². The maximum absolute atomic E-state index is 14.5. The first-order valence-corrected chi connectivity index (χ1v) is 12.4. The zero-order chi connectivity index (χ0) is 25.5. The molecule has 0 aliphatic carbocycles. The zero-order valence-electron chi connectivity index (χ0n) is 19.3. The average molecular weight is 503 g/mol. The number of anilines is 1. The molecule has 0 bridgehead atoms. The molecule has 0 unspecified atom stereocenters. The van der Waals surface area contributed by atoms with Gasteiger partial charge < -0.3 is 9.88 Å². The molecule has 4 rings (SSSR count). The largest absolute Gasteiger partial charge is 0.351 e. The van der Waals surface area contributed by atoms with Crippen LogP contribution in [0.15, 0.2) is 58.4 Å². The number of nitrogens with zero attached hydrogens (tertiary/aromatic N) is 2. The number of halogens is 2. The summed E-state index contributed by atoms with van der Waals surface area (Å²) in [6.45, 7) is 6.49. The Balaban J connectivity index is 1.81. The Morgan fingerprint density at radius 2 is 1.94 bits per heavy atom. The van der Waals surface area contributed by atoms with E-state index in [9.17, 15) is 26.8 Å². The molecule has 3 aromatic rings. The van der Waals surface area contributed by atoms with Crippen LogP contribution in [0.3, 0.4) is 0 Å². The molecule has 1 amide bonds. The quantitative estimate of drug-likeness (QED) is 0.553. The van der Waals surface area contributed by atoms with Gasteiger partial charge in [0.1, 0.15) is 17.5 Å². The van der Waals surface area contributed by atoms with Gasteiger partial charge in [-0.3, -0.25) is 9.59 Å². The topological polar surface area (TPSA) is 112 Å². The second kappa shape index (κ2) is 8.88. The summed E-state index contributed by atoms with van der Waals surface area (Å²) in [6.07, 6.45) is 2.05. The van der Waals surface area contributed by atoms with Crippen LogP contribution in [0.4, 0.5) is 14.6 Å². The van der Waals surface area contributed by atoms with Gasteiger partial charge in [0.05, 0.1) is 11.3 Å². The van der Waals surface area contributed by atoms with Gasteiger partial charge >= 0.3 is 0 Å². The maximum atomic E-state index is 14.5. The monoisotopic (exact) mass is 502 g/mol. The number of carbonyl (C=O) groups is 1. The molecule has 35 heavy (non-hydrogen) atoms. The van der Waals surface area contributed by atoms with Crippen molar-refractivity contribution in [2.75, 3.05) is 11.4 Å². The Labute approximate surface area is 201 Å². The fourth-order valence-corrected chi connectivity index (χ4v) is 5.51. The second-order valence-electron chi connectivity index (χ2n) is 9.22. The summed E-state index contributed by atoms with van der Waals surface area (Å²) >= 11 is 0. The average Bonchev–Trinajstić information content (AvgIpc) is 3.05. The number of aromatic amines is 1. The van der Waals surface area contributed by atoms with Crippen LogP contribution < -0.4 is 15.2 Å². The minimum Gasteiger partial charge on any atom is -0.351 e. The van der Waals surface area contributed by atoms with E-state index < -0.39 is 43.6 Å². The fourth-order valence-electron chi connectivity index (χ4n) is 4.49. The standard InChI is InChI=1S/C24H24F2N4O4S/c1-14-12-24(2,3)30(13-14)21-17(8-9-19(28-21)16-7-6-15(25)11-18(16)26)22(31)29-35(33,34)20-5-4-10-27-23(20)32/h4-11,14H,12-13H2,1-3H3,(H,27,32)(H,29,31)/t14-/m0/s1. The number of amides is 1. The number of hydrogen-bond acceptors (Lipinski definition) is 6. The van der Waals surface area contributed by atoms with Crippen LogP contribution >= 0.6 is 0 Å². The second-order valence-corrected chi connectivity index (χ2v) is 10.9. The van der Waals surface area contributed by atoms with Gasteiger partial charge in [0.15, 0.2) is 4.90 Å². The van der Waals surface area contributed by atoms with Gasteiger partial charge in [0, 0.05) is 29.9 Å². The molecule has 8 nitrogen and oxygen atoms in total. The first kappa shape index (κ1) is 24.5. The van der Waals surface area contributed by atoms with E-state index >= 15 is 0 Å². The molecule has 1 aromatic carbocycles. The summed E-state index contributed by atoms with van der Waals surface area (Å²) in [4.78, 5) is 33.2. The molecule has 1 atom stereocenters. The van der Waals surface area contributed by atoms with Crippen molar-refractivity contribution >= 4 is 21.7 Å². The molecule has 0 saturated carbocycles. The zero-order valence-corrected chi connectivity index (χ0v) is 20.1. The van der Waals surface area contributed by atoms with E-state index in [2.05, 4.69) is 9.97 Å². The normalized spacial score (nSPS) is 17.4. The minimum absolute atomic E-state index is 0.0353. The summed E-state index contributed by atoms with van der Waals surface area (Å²) in [7, 11) is -4.48. The van der Waals surface area contributed by atoms with Crippen LogP contribution in [0.1, 0.15) is 37.6 Å². The van der Waals surface area contributed by atoms with Crippen molar-refractivity contribution in [1.29, 1.82) is 0 Å². The van der Waals surface area contributed by atoms with Crippen LogP contribution in [0.25, 0.3) is 11.3 Å². The summed E-state index contributed by atoms with van der Waals surface area (Å²) < 4.78 is 55.3. The molecule has 3 heterocycles. The lowest BCUT2D eigenvalue weighted by atomic mass is 9.97. The highest BCUT2D eigenvalue weighted by atomic mass is 32.2. The van der Waals surface area contributed by atoms with Crippen LogP contribution in [0.2, 0.25) is 0 Å².